The quantitative estimate of drug-likeness (QED) is 0.105. The molecule has 0 aromatic heterocycles. The summed E-state index contributed by atoms with van der Waals surface area (Å²) in [5.74, 6) is 0. The van der Waals surface area contributed by atoms with Crippen LogP contribution in [-0.4, -0.2) is 0 Å². The highest BCUT2D eigenvalue weighted by Crippen LogP contribution is 2.63. The molecule has 0 heteroatoms. The first-order valence-electron chi connectivity index (χ1n) is 28.5. The van der Waals surface area contributed by atoms with Gasteiger partial charge in [-0.3, -0.25) is 0 Å². The third-order valence-electron chi connectivity index (χ3n) is 19.5. The molecule has 0 saturated carbocycles. The van der Waals surface area contributed by atoms with Crippen molar-refractivity contribution in [1.82, 2.24) is 0 Å². The van der Waals surface area contributed by atoms with E-state index in [0.29, 0.717) is 0 Å². The van der Waals surface area contributed by atoms with Crippen molar-refractivity contribution in [3.05, 3.63) is 130 Å². The fourth-order valence-corrected chi connectivity index (χ4v) is 15.7. The normalized spacial score (nSPS) is 14.7. The van der Waals surface area contributed by atoms with Crippen LogP contribution in [0.2, 0.25) is 0 Å². The Morgan fingerprint density at radius 1 is 0.158 bits per heavy atom. The van der Waals surface area contributed by atoms with Crippen LogP contribution in [0.4, 0.5) is 0 Å². The van der Waals surface area contributed by atoms with Crippen LogP contribution in [0.5, 0.6) is 0 Å². The number of hydrogen-bond donors (Lipinski definition) is 0. The molecule has 0 aliphatic heterocycles. The van der Waals surface area contributed by atoms with E-state index in [4.69, 9.17) is 0 Å². The van der Waals surface area contributed by atoms with E-state index in [1.165, 1.54) is 195 Å². The Hall–Kier alpha value is -6.76. The van der Waals surface area contributed by atoms with E-state index < -0.39 is 0 Å². The predicted octanol–water partition coefficient (Wildman–Crippen LogP) is 22.8. The standard InChI is InChI=1S/C76H70/c1-71(2,3)35-27-45-39-23-25-53(75(13,14)15)43-21-19-41-48-30-38(74(10,11)12)34-52-60(48)67-65(63(41)55(39)43)57(45)49(31-35)61-51-33-37(73(7,8)9)29-47-42-20-22-44-54(76(16,17)18)26-24-40-46-28-36(72(4,5)6)32-50-58(46)66(64(42)56(40)44)68(59(47)51)70(62(50)52)69(61)67/h19-34H,1-18H3. The van der Waals surface area contributed by atoms with Crippen LogP contribution < -0.4 is 0 Å². The summed E-state index contributed by atoms with van der Waals surface area (Å²) in [5.41, 5.74) is 7.99. The van der Waals surface area contributed by atoms with E-state index in [0.717, 1.165) is 0 Å². The SMILES string of the molecule is CC(C)(C)c1cc2c3ccc(C(C)(C)C)c4ccc5c6cc(C(C)(C)C)cc7c6c6c(c2c(c1)c1c2cc(C(C)(C)C)cc8c9ccc%10c(C(C)(C)C)ccc%11c%12cc(C(C)(C)C)cc%13c%12c(c9c%10%11)c(c82)c(c%137)c16)c5c43. The maximum atomic E-state index is 2.67. The molecule has 0 aliphatic carbocycles. The molecule has 0 heterocycles. The van der Waals surface area contributed by atoms with Gasteiger partial charge in [-0.1, -0.05) is 173 Å². The van der Waals surface area contributed by atoms with Crippen molar-refractivity contribution in [2.45, 2.75) is 157 Å². The van der Waals surface area contributed by atoms with Gasteiger partial charge in [0.25, 0.3) is 0 Å². The second-order valence-corrected chi connectivity index (χ2v) is 30.4. The summed E-state index contributed by atoms with van der Waals surface area (Å²) in [6.07, 6.45) is 0. The van der Waals surface area contributed by atoms with Crippen LogP contribution in [0.15, 0.2) is 97.1 Å². The fraction of sp³-hybridized carbons (Fsp3) is 0.316. The van der Waals surface area contributed by atoms with Crippen LogP contribution in [0.25, 0.3) is 162 Å². The zero-order valence-corrected chi connectivity index (χ0v) is 48.2. The summed E-state index contributed by atoms with van der Waals surface area (Å²) in [7, 11) is 0. The fourth-order valence-electron chi connectivity index (χ4n) is 15.7. The first kappa shape index (κ1) is 45.4. The monoisotopic (exact) mass is 983 g/mol. The van der Waals surface area contributed by atoms with Gasteiger partial charge in [-0.2, -0.15) is 0 Å². The highest BCUT2D eigenvalue weighted by Gasteiger charge is 2.36. The van der Waals surface area contributed by atoms with Gasteiger partial charge < -0.3 is 0 Å². The number of benzene rings is 16. The predicted molar refractivity (Wildman–Crippen MR) is 340 cm³/mol. The average Bonchev–Trinajstić information content (AvgIpc) is 3.51. The van der Waals surface area contributed by atoms with Gasteiger partial charge in [0.05, 0.1) is 0 Å². The number of fused-ring (bicyclic) bond motifs is 8. The minimum Gasteiger partial charge on any atom is -0.0572 e. The molecule has 16 aromatic carbocycles. The Morgan fingerprint density at radius 3 is 0.592 bits per heavy atom. The Kier molecular flexibility index (Phi) is 7.85. The molecule has 0 spiro atoms. The molecule has 16 aromatic rings. The van der Waals surface area contributed by atoms with Crippen molar-refractivity contribution in [1.29, 1.82) is 0 Å². The first-order chi connectivity index (χ1) is 35.5. The van der Waals surface area contributed by atoms with E-state index >= 15 is 0 Å². The molecule has 0 N–H and O–H groups in total. The lowest BCUT2D eigenvalue weighted by Crippen LogP contribution is -2.14. The number of rotatable bonds is 0. The lowest BCUT2D eigenvalue weighted by molar-refractivity contribution is 0.591. The zero-order valence-electron chi connectivity index (χ0n) is 48.2. The second kappa shape index (κ2) is 13.1. The van der Waals surface area contributed by atoms with Crippen LogP contribution >= 0.6 is 0 Å². The highest BCUT2D eigenvalue weighted by atomic mass is 14.4. The molecule has 0 aliphatic rings. The van der Waals surface area contributed by atoms with Crippen LogP contribution in [0.3, 0.4) is 0 Å². The van der Waals surface area contributed by atoms with Gasteiger partial charge in [-0.05, 0) is 276 Å². The Bertz CT molecular complexity index is 4890. The Labute approximate surface area is 446 Å². The first-order valence-corrected chi connectivity index (χ1v) is 28.5. The van der Waals surface area contributed by atoms with Crippen molar-refractivity contribution in [2.75, 3.05) is 0 Å². The topological polar surface area (TPSA) is 0 Å². The van der Waals surface area contributed by atoms with Crippen LogP contribution in [0, 0.1) is 0 Å². The maximum Gasteiger partial charge on any atom is -0.0000465 e. The van der Waals surface area contributed by atoms with E-state index in [1.807, 2.05) is 0 Å². The molecular formula is C76H70. The van der Waals surface area contributed by atoms with Gasteiger partial charge in [0.15, 0.2) is 0 Å². The van der Waals surface area contributed by atoms with Gasteiger partial charge in [-0.15, -0.1) is 0 Å². The van der Waals surface area contributed by atoms with Gasteiger partial charge in [0.2, 0.25) is 0 Å². The summed E-state index contributed by atoms with van der Waals surface area (Å²) < 4.78 is 0. The molecular weight excluding hydrogens is 913 g/mol. The average molecular weight is 983 g/mol. The summed E-state index contributed by atoms with van der Waals surface area (Å²) in [6.45, 7) is 43.5. The Balaban J connectivity index is 1.36. The van der Waals surface area contributed by atoms with Gasteiger partial charge in [0, 0.05) is 0 Å². The lowest BCUT2D eigenvalue weighted by atomic mass is 9.70. The zero-order chi connectivity index (χ0) is 53.1. The third kappa shape index (κ3) is 5.24. The van der Waals surface area contributed by atoms with Crippen LogP contribution in [-0.2, 0) is 32.5 Å². The van der Waals surface area contributed by atoms with Crippen molar-refractivity contribution in [2.24, 2.45) is 0 Å². The molecule has 0 amide bonds. The Morgan fingerprint density at radius 2 is 0.342 bits per heavy atom. The largest absolute Gasteiger partial charge is 0.0572 e. The molecule has 0 unspecified atom stereocenters. The van der Waals surface area contributed by atoms with Crippen molar-refractivity contribution < 1.29 is 0 Å². The number of hydrogen-bond acceptors (Lipinski definition) is 0. The van der Waals surface area contributed by atoms with Crippen molar-refractivity contribution >= 4 is 162 Å². The summed E-state index contributed by atoms with van der Waals surface area (Å²) >= 11 is 0. The minimum atomic E-state index is -0.0956. The molecule has 0 saturated heterocycles. The van der Waals surface area contributed by atoms with Crippen molar-refractivity contribution in [3.63, 3.8) is 0 Å². The molecule has 0 atom stereocenters. The summed E-state index contributed by atoms with van der Waals surface area (Å²) in [4.78, 5) is 0. The summed E-state index contributed by atoms with van der Waals surface area (Å²) in [5, 5.41) is 42.7. The molecule has 0 bridgehead atoms. The van der Waals surface area contributed by atoms with E-state index in [2.05, 4.69) is 222 Å². The minimum absolute atomic E-state index is 0.0339. The van der Waals surface area contributed by atoms with Gasteiger partial charge in [-0.25, -0.2) is 0 Å². The van der Waals surface area contributed by atoms with E-state index in [1.54, 1.807) is 0 Å². The maximum absolute atomic E-state index is 2.67. The van der Waals surface area contributed by atoms with Crippen LogP contribution in [0.1, 0.15) is 158 Å². The smallest absolute Gasteiger partial charge is 0.0000465 e. The molecule has 0 nitrogen and oxygen atoms in total. The van der Waals surface area contributed by atoms with Crippen molar-refractivity contribution in [3.8, 4) is 0 Å². The van der Waals surface area contributed by atoms with Gasteiger partial charge in [0.1, 0.15) is 0 Å². The molecule has 0 fully saturated rings. The van der Waals surface area contributed by atoms with Gasteiger partial charge >= 0.3 is 0 Å². The second-order valence-electron chi connectivity index (χ2n) is 30.4. The highest BCUT2D eigenvalue weighted by molar-refractivity contribution is 6.62. The third-order valence-corrected chi connectivity index (χ3v) is 19.5. The lowest BCUT2D eigenvalue weighted by Gasteiger charge is -2.33. The van der Waals surface area contributed by atoms with E-state index in [-0.39, 0.29) is 32.5 Å². The molecule has 0 radical (unpaired) electrons. The molecule has 76 heavy (non-hydrogen) atoms. The molecule has 374 valence electrons. The molecule has 16 rings (SSSR count). The summed E-state index contributed by atoms with van der Waals surface area (Å²) in [6, 6.07) is 41.2. The van der Waals surface area contributed by atoms with E-state index in [9.17, 15) is 0 Å².